The van der Waals surface area contributed by atoms with Gasteiger partial charge < -0.3 is 9.64 Å². The first-order chi connectivity index (χ1) is 11.0. The Morgan fingerprint density at radius 1 is 1.22 bits per heavy atom. The maximum absolute atomic E-state index is 13.0. The van der Waals surface area contributed by atoms with Gasteiger partial charge in [0.25, 0.3) is 11.8 Å². The Balaban J connectivity index is 2.12. The Hall–Kier alpha value is -1.85. The van der Waals surface area contributed by atoms with Gasteiger partial charge in [0.05, 0.1) is 5.69 Å². The molecule has 1 amide bonds. The van der Waals surface area contributed by atoms with Crippen molar-refractivity contribution in [2.24, 2.45) is 5.92 Å². The summed E-state index contributed by atoms with van der Waals surface area (Å²) in [6.45, 7) is 4.76. The highest BCUT2D eigenvalue weighted by Crippen LogP contribution is 2.39. The number of hydrogen-bond acceptors (Lipinski definition) is 4. The summed E-state index contributed by atoms with van der Waals surface area (Å²) in [4.78, 5) is 14.6. The lowest BCUT2D eigenvalue weighted by atomic mass is 10.1. The number of halogens is 2. The molecule has 3 rings (SSSR count). The molecular weight excluding hydrogens is 337 g/mol. The Kier molecular flexibility index (Phi) is 4.41. The molecule has 0 radical (unpaired) electrons. The van der Waals surface area contributed by atoms with E-state index < -0.39 is 0 Å². The van der Waals surface area contributed by atoms with E-state index in [-0.39, 0.29) is 16.9 Å². The number of fused-ring (bicyclic) bond motifs is 2. The molecule has 0 saturated carbocycles. The Morgan fingerprint density at radius 3 is 2.74 bits per heavy atom. The maximum Gasteiger partial charge on any atom is 0.264 e. The number of carbonyl (C=O) groups is 1. The first kappa shape index (κ1) is 16.0. The van der Waals surface area contributed by atoms with Crippen molar-refractivity contribution < 1.29 is 9.53 Å². The second-order valence-electron chi connectivity index (χ2n) is 5.74. The van der Waals surface area contributed by atoms with E-state index in [4.69, 9.17) is 27.9 Å². The summed E-state index contributed by atoms with van der Waals surface area (Å²) < 4.78 is 5.77. The van der Waals surface area contributed by atoms with E-state index in [0.717, 1.165) is 6.42 Å². The van der Waals surface area contributed by atoms with Crippen molar-refractivity contribution in [2.75, 3.05) is 11.4 Å². The number of ether oxygens (including phenoxy) is 1. The van der Waals surface area contributed by atoms with Crippen LogP contribution < -0.4 is 9.64 Å². The minimum absolute atomic E-state index is 0.147. The van der Waals surface area contributed by atoms with E-state index >= 15 is 0 Å². The van der Waals surface area contributed by atoms with Crippen molar-refractivity contribution in [1.82, 2.24) is 10.2 Å². The fraction of sp³-hybridized carbons (Fsp3) is 0.312. The number of benzene rings is 1. The third-order valence-corrected chi connectivity index (χ3v) is 3.97. The smallest absolute Gasteiger partial charge is 0.264 e. The summed E-state index contributed by atoms with van der Waals surface area (Å²) >= 11 is 12.0. The van der Waals surface area contributed by atoms with Crippen LogP contribution in [0.15, 0.2) is 24.3 Å². The number of nitrogens with zero attached hydrogens (tertiary/aromatic N) is 3. The quantitative estimate of drug-likeness (QED) is 0.811. The van der Waals surface area contributed by atoms with E-state index in [0.29, 0.717) is 34.5 Å². The second-order valence-corrected chi connectivity index (χ2v) is 6.56. The number of carbonyl (C=O) groups excluding carboxylic acids is 1. The van der Waals surface area contributed by atoms with Crippen molar-refractivity contribution in [1.29, 1.82) is 0 Å². The molecule has 0 N–H and O–H groups in total. The predicted molar refractivity (Wildman–Crippen MR) is 89.7 cm³/mol. The summed E-state index contributed by atoms with van der Waals surface area (Å²) in [6, 6.07) is 6.62. The molecule has 1 aliphatic heterocycles. The first-order valence-corrected chi connectivity index (χ1v) is 8.04. The molecule has 0 unspecified atom stereocenters. The number of hydrogen-bond donors (Lipinski definition) is 0. The molecular formula is C16H15Cl2N3O2. The van der Waals surface area contributed by atoms with Gasteiger partial charge in [-0.05, 0) is 36.6 Å². The lowest BCUT2D eigenvalue weighted by Crippen LogP contribution is -2.32. The Morgan fingerprint density at radius 2 is 2.00 bits per heavy atom. The summed E-state index contributed by atoms with van der Waals surface area (Å²) in [6.07, 6.45) is 0.846. The lowest BCUT2D eigenvalue weighted by molar-refractivity contribution is 0.0985. The minimum atomic E-state index is -0.224. The first-order valence-electron chi connectivity index (χ1n) is 7.28. The monoisotopic (exact) mass is 351 g/mol. The Labute approximate surface area is 144 Å². The SMILES string of the molecule is CC(C)CCN1C(=O)c2cc(Cl)nnc2Oc2ccc(Cl)cc21. The summed E-state index contributed by atoms with van der Waals surface area (Å²) in [5.74, 6) is 0.892. The highest BCUT2D eigenvalue weighted by molar-refractivity contribution is 6.31. The van der Waals surface area contributed by atoms with E-state index in [1.165, 1.54) is 6.07 Å². The van der Waals surface area contributed by atoms with Gasteiger partial charge in [-0.1, -0.05) is 37.0 Å². The van der Waals surface area contributed by atoms with Gasteiger partial charge in [-0.25, -0.2) is 0 Å². The molecule has 120 valence electrons. The molecule has 7 heteroatoms. The van der Waals surface area contributed by atoms with E-state index in [1.807, 2.05) is 0 Å². The molecule has 0 saturated heterocycles. The highest BCUT2D eigenvalue weighted by Gasteiger charge is 2.30. The van der Waals surface area contributed by atoms with Gasteiger partial charge in [-0.3, -0.25) is 4.79 Å². The van der Waals surface area contributed by atoms with Crippen molar-refractivity contribution in [3.05, 3.63) is 40.0 Å². The summed E-state index contributed by atoms with van der Waals surface area (Å²) in [7, 11) is 0. The molecule has 1 aliphatic rings. The zero-order chi connectivity index (χ0) is 16.6. The van der Waals surface area contributed by atoms with Crippen LogP contribution in [0.5, 0.6) is 11.6 Å². The number of rotatable bonds is 3. The predicted octanol–water partition coefficient (Wildman–Crippen LogP) is 4.58. The van der Waals surface area contributed by atoms with Gasteiger partial charge in [-0.15, -0.1) is 10.2 Å². The molecule has 0 atom stereocenters. The molecule has 0 aliphatic carbocycles. The zero-order valence-corrected chi connectivity index (χ0v) is 14.2. The average molecular weight is 352 g/mol. The molecule has 23 heavy (non-hydrogen) atoms. The molecule has 0 bridgehead atoms. The zero-order valence-electron chi connectivity index (χ0n) is 12.7. The van der Waals surface area contributed by atoms with Crippen molar-refractivity contribution >= 4 is 34.8 Å². The third-order valence-electron chi connectivity index (χ3n) is 3.55. The number of aromatic nitrogens is 2. The van der Waals surface area contributed by atoms with Crippen LogP contribution in [0.1, 0.15) is 30.6 Å². The van der Waals surface area contributed by atoms with Crippen molar-refractivity contribution in [3.63, 3.8) is 0 Å². The fourth-order valence-corrected chi connectivity index (χ4v) is 2.65. The molecule has 1 aromatic heterocycles. The van der Waals surface area contributed by atoms with Crippen LogP contribution in [-0.2, 0) is 0 Å². The van der Waals surface area contributed by atoms with Crippen LogP contribution in [0.2, 0.25) is 10.2 Å². The van der Waals surface area contributed by atoms with Crippen molar-refractivity contribution in [2.45, 2.75) is 20.3 Å². The minimum Gasteiger partial charge on any atom is -0.435 e. The Bertz CT molecular complexity index is 765. The second kappa shape index (κ2) is 6.34. The lowest BCUT2D eigenvalue weighted by Gasteiger charge is -2.23. The van der Waals surface area contributed by atoms with Gasteiger partial charge in [-0.2, -0.15) is 0 Å². The van der Waals surface area contributed by atoms with Gasteiger partial charge in [0.1, 0.15) is 5.56 Å². The normalized spacial score (nSPS) is 13.4. The van der Waals surface area contributed by atoms with E-state index in [2.05, 4.69) is 24.0 Å². The highest BCUT2D eigenvalue weighted by atomic mass is 35.5. The van der Waals surface area contributed by atoms with E-state index in [9.17, 15) is 4.79 Å². The molecule has 1 aromatic carbocycles. The van der Waals surface area contributed by atoms with Crippen LogP contribution >= 0.6 is 23.2 Å². The standard InChI is InChI=1S/C16H15Cl2N3O2/c1-9(2)5-6-21-12-7-10(17)3-4-13(12)23-15-11(16(21)22)8-14(18)19-20-15/h3-4,7-9H,5-6H2,1-2H3. The van der Waals surface area contributed by atoms with E-state index in [1.54, 1.807) is 23.1 Å². The van der Waals surface area contributed by atoms with Crippen LogP contribution in [0.25, 0.3) is 0 Å². The molecule has 5 nitrogen and oxygen atoms in total. The van der Waals surface area contributed by atoms with Crippen LogP contribution in [-0.4, -0.2) is 22.6 Å². The molecule has 2 aromatic rings. The summed E-state index contributed by atoms with van der Waals surface area (Å²) in [5, 5.41) is 8.33. The largest absolute Gasteiger partial charge is 0.435 e. The average Bonchev–Trinajstić information content (AvgIpc) is 2.60. The van der Waals surface area contributed by atoms with Crippen LogP contribution in [0, 0.1) is 5.92 Å². The van der Waals surface area contributed by atoms with Crippen LogP contribution in [0.4, 0.5) is 5.69 Å². The van der Waals surface area contributed by atoms with Gasteiger partial charge in [0.15, 0.2) is 10.9 Å². The maximum atomic E-state index is 13.0. The molecule has 0 fully saturated rings. The van der Waals surface area contributed by atoms with Gasteiger partial charge in [0.2, 0.25) is 0 Å². The molecule has 0 spiro atoms. The van der Waals surface area contributed by atoms with Gasteiger partial charge in [0, 0.05) is 11.6 Å². The molecule has 2 heterocycles. The van der Waals surface area contributed by atoms with Crippen molar-refractivity contribution in [3.8, 4) is 11.6 Å². The third kappa shape index (κ3) is 3.26. The topological polar surface area (TPSA) is 55.3 Å². The van der Waals surface area contributed by atoms with Gasteiger partial charge >= 0.3 is 0 Å². The summed E-state index contributed by atoms with van der Waals surface area (Å²) in [5.41, 5.74) is 0.915. The van der Waals surface area contributed by atoms with Crippen LogP contribution in [0.3, 0.4) is 0 Å². The number of amides is 1. The fourth-order valence-electron chi connectivity index (χ4n) is 2.34. The number of anilines is 1.